The first-order chi connectivity index (χ1) is 23.3. The fraction of sp³-hybridized carbons (Fsp3) is 0.436. The highest BCUT2D eigenvalue weighted by atomic mass is 35.5. The van der Waals surface area contributed by atoms with Gasteiger partial charge in [-0.15, -0.1) is 0 Å². The number of aliphatic hydroxyl groups is 2. The van der Waals surface area contributed by atoms with Crippen molar-refractivity contribution in [2.45, 2.75) is 95.7 Å². The minimum atomic E-state index is -0.173. The molecular formula is C39H47ClN4O4. The molecule has 0 bridgehead atoms. The Hall–Kier alpha value is -3.53. The summed E-state index contributed by atoms with van der Waals surface area (Å²) in [4.78, 5) is 9.65. The van der Waals surface area contributed by atoms with E-state index in [-0.39, 0.29) is 12.2 Å². The van der Waals surface area contributed by atoms with Crippen molar-refractivity contribution in [2.24, 2.45) is 0 Å². The van der Waals surface area contributed by atoms with Crippen LogP contribution >= 0.6 is 11.6 Å². The maximum atomic E-state index is 9.84. The fourth-order valence-corrected chi connectivity index (χ4v) is 7.42. The van der Waals surface area contributed by atoms with Crippen LogP contribution in [0.5, 0.6) is 11.6 Å². The largest absolute Gasteiger partial charge is 0.496 e. The second-order valence-electron chi connectivity index (χ2n) is 13.2. The summed E-state index contributed by atoms with van der Waals surface area (Å²) >= 11 is 7.16. The minimum absolute atomic E-state index is 0.163. The zero-order valence-corrected chi connectivity index (χ0v) is 28.9. The van der Waals surface area contributed by atoms with Crippen molar-refractivity contribution in [1.82, 2.24) is 20.6 Å². The summed E-state index contributed by atoms with van der Waals surface area (Å²) in [6, 6.07) is 19.2. The van der Waals surface area contributed by atoms with E-state index in [0.717, 1.165) is 107 Å². The third-order valence-corrected chi connectivity index (χ3v) is 10.4. The highest BCUT2D eigenvalue weighted by Crippen LogP contribution is 2.40. The zero-order valence-electron chi connectivity index (χ0n) is 28.1. The van der Waals surface area contributed by atoms with Crippen LogP contribution in [0.1, 0.15) is 68.1 Å². The van der Waals surface area contributed by atoms with Gasteiger partial charge in [-0.3, -0.25) is 4.98 Å². The number of halogens is 1. The number of aliphatic hydroxyl groups excluding tert-OH is 2. The lowest BCUT2D eigenvalue weighted by atomic mass is 9.93. The topological polar surface area (TPSA) is 109 Å². The van der Waals surface area contributed by atoms with Crippen LogP contribution in [0, 0.1) is 6.92 Å². The molecule has 9 heteroatoms. The molecule has 254 valence electrons. The number of benzene rings is 2. The van der Waals surface area contributed by atoms with E-state index in [1.165, 1.54) is 0 Å². The van der Waals surface area contributed by atoms with Crippen LogP contribution in [-0.2, 0) is 13.1 Å². The van der Waals surface area contributed by atoms with E-state index in [1.54, 1.807) is 14.2 Å². The lowest BCUT2D eigenvalue weighted by molar-refractivity contribution is 0.116. The first-order valence-corrected chi connectivity index (χ1v) is 17.5. The van der Waals surface area contributed by atoms with Crippen molar-refractivity contribution >= 4 is 11.6 Å². The number of nitrogens with one attached hydrogen (secondary N) is 2. The summed E-state index contributed by atoms with van der Waals surface area (Å²) in [6.07, 6.45) is 8.79. The molecule has 2 saturated carbocycles. The SMILES string of the molecule is COc1cc(-c2nccc(-c3cccc(-c4ccc(CN[C@H]5CC[C@H](O)CC5)c(OC)n4)c3Cl)c2C)ccc1CN[C@H]1CC[C@@H](O)CC1. The lowest BCUT2D eigenvalue weighted by Crippen LogP contribution is -2.34. The standard InChI is InChI=1S/C39H47ClN4O4/c1-24-32(19-20-41-38(24)25-7-8-26(36(21-25)47-2)22-42-28-10-14-30(45)15-11-28)33-5-4-6-34(37(33)40)35-18-9-27(39(44-35)48-3)23-43-29-12-16-31(46)17-13-29/h4-9,18-21,28-31,42-43,45-46H,10-17,22-23H2,1-3H3/t28-,29-,30+,31-. The number of hydrogen-bond acceptors (Lipinski definition) is 8. The Kier molecular flexibility index (Phi) is 11.3. The Morgan fingerprint density at radius 2 is 1.38 bits per heavy atom. The van der Waals surface area contributed by atoms with E-state index >= 15 is 0 Å². The molecule has 0 aliphatic heterocycles. The first kappa shape index (κ1) is 34.3. The van der Waals surface area contributed by atoms with E-state index in [2.05, 4.69) is 41.8 Å². The Bertz CT molecular complexity index is 1570. The first-order valence-electron chi connectivity index (χ1n) is 17.1. The maximum Gasteiger partial charge on any atom is 0.218 e. The third kappa shape index (κ3) is 7.85. The average Bonchev–Trinajstić information content (AvgIpc) is 3.11. The molecule has 0 unspecified atom stereocenters. The molecule has 4 aromatic rings. The van der Waals surface area contributed by atoms with Gasteiger partial charge in [0, 0.05) is 59.2 Å². The molecule has 2 fully saturated rings. The average molecular weight is 671 g/mol. The van der Waals surface area contributed by atoms with E-state index in [9.17, 15) is 10.2 Å². The van der Waals surface area contributed by atoms with Gasteiger partial charge < -0.3 is 30.3 Å². The molecule has 0 radical (unpaired) electrons. The van der Waals surface area contributed by atoms with Crippen molar-refractivity contribution < 1.29 is 19.7 Å². The van der Waals surface area contributed by atoms with E-state index in [1.807, 2.05) is 36.5 Å². The highest BCUT2D eigenvalue weighted by molar-refractivity contribution is 6.36. The molecule has 2 heterocycles. The second kappa shape index (κ2) is 15.8. The summed E-state index contributed by atoms with van der Waals surface area (Å²) < 4.78 is 11.5. The van der Waals surface area contributed by atoms with Gasteiger partial charge in [-0.05, 0) is 87.6 Å². The van der Waals surface area contributed by atoms with Crippen molar-refractivity contribution in [3.8, 4) is 45.3 Å². The number of nitrogens with zero attached hydrogens (tertiary/aromatic N) is 2. The number of methoxy groups -OCH3 is 2. The van der Waals surface area contributed by atoms with Crippen LogP contribution in [-0.4, -0.2) is 58.7 Å². The monoisotopic (exact) mass is 670 g/mol. The minimum Gasteiger partial charge on any atom is -0.496 e. The molecule has 2 aliphatic rings. The number of hydrogen-bond donors (Lipinski definition) is 4. The Balaban J connectivity index is 1.22. The maximum absolute atomic E-state index is 9.84. The molecule has 0 amide bonds. The van der Waals surface area contributed by atoms with Gasteiger partial charge in [-0.25, -0.2) is 4.98 Å². The van der Waals surface area contributed by atoms with Gasteiger partial charge >= 0.3 is 0 Å². The van der Waals surface area contributed by atoms with Crippen LogP contribution in [0.15, 0.2) is 60.8 Å². The predicted octanol–water partition coefficient (Wildman–Crippen LogP) is 7.24. The molecule has 0 atom stereocenters. The molecule has 0 spiro atoms. The van der Waals surface area contributed by atoms with Crippen molar-refractivity contribution in [3.63, 3.8) is 0 Å². The molecule has 2 aromatic carbocycles. The highest BCUT2D eigenvalue weighted by Gasteiger charge is 2.22. The van der Waals surface area contributed by atoms with Crippen LogP contribution < -0.4 is 20.1 Å². The zero-order chi connectivity index (χ0) is 33.6. The van der Waals surface area contributed by atoms with Gasteiger partial charge in [0.15, 0.2) is 0 Å². The molecule has 4 N–H and O–H groups in total. The van der Waals surface area contributed by atoms with Gasteiger partial charge in [-0.1, -0.05) is 48.0 Å². The number of aromatic nitrogens is 2. The van der Waals surface area contributed by atoms with Gasteiger partial charge in [0.05, 0.1) is 42.8 Å². The van der Waals surface area contributed by atoms with Crippen LogP contribution in [0.2, 0.25) is 5.02 Å². The molecule has 8 nitrogen and oxygen atoms in total. The van der Waals surface area contributed by atoms with Gasteiger partial charge in [0.2, 0.25) is 5.88 Å². The number of rotatable bonds is 11. The van der Waals surface area contributed by atoms with Crippen LogP contribution in [0.4, 0.5) is 0 Å². The summed E-state index contributed by atoms with van der Waals surface area (Å²) in [5, 5.41) is 27.5. The molecule has 2 aromatic heterocycles. The van der Waals surface area contributed by atoms with Crippen molar-refractivity contribution in [3.05, 3.63) is 82.5 Å². The van der Waals surface area contributed by atoms with Gasteiger partial charge in [0.1, 0.15) is 5.75 Å². The molecular weight excluding hydrogens is 624 g/mol. The van der Waals surface area contributed by atoms with E-state index in [0.29, 0.717) is 36.1 Å². The molecule has 48 heavy (non-hydrogen) atoms. The summed E-state index contributed by atoms with van der Waals surface area (Å²) in [7, 11) is 3.35. The van der Waals surface area contributed by atoms with E-state index in [4.69, 9.17) is 31.0 Å². The number of pyridine rings is 2. The van der Waals surface area contributed by atoms with Gasteiger partial charge in [0.25, 0.3) is 0 Å². The van der Waals surface area contributed by atoms with Crippen LogP contribution in [0.25, 0.3) is 33.6 Å². The second-order valence-corrected chi connectivity index (χ2v) is 13.5. The fourth-order valence-electron chi connectivity index (χ4n) is 7.09. The lowest BCUT2D eigenvalue weighted by Gasteiger charge is -2.26. The van der Waals surface area contributed by atoms with Crippen LogP contribution in [0.3, 0.4) is 0 Å². The van der Waals surface area contributed by atoms with Gasteiger partial charge in [-0.2, -0.15) is 0 Å². The number of ether oxygens (including phenoxy) is 2. The van der Waals surface area contributed by atoms with E-state index < -0.39 is 0 Å². The summed E-state index contributed by atoms with van der Waals surface area (Å²) in [5.41, 5.74) is 8.43. The normalized spacial score (nSPS) is 21.2. The van der Waals surface area contributed by atoms with Crippen molar-refractivity contribution in [2.75, 3.05) is 14.2 Å². The Morgan fingerprint density at radius 1 is 0.750 bits per heavy atom. The predicted molar refractivity (Wildman–Crippen MR) is 191 cm³/mol. The molecule has 6 rings (SSSR count). The summed E-state index contributed by atoms with van der Waals surface area (Å²) in [6.45, 7) is 3.44. The quantitative estimate of drug-likeness (QED) is 0.132. The Labute approximate surface area is 288 Å². The molecule has 0 saturated heterocycles. The smallest absolute Gasteiger partial charge is 0.218 e. The summed E-state index contributed by atoms with van der Waals surface area (Å²) in [5.74, 6) is 1.39. The molecule has 2 aliphatic carbocycles. The Morgan fingerprint density at radius 3 is 2.02 bits per heavy atom. The third-order valence-electron chi connectivity index (χ3n) is 10.0. The van der Waals surface area contributed by atoms with Crippen molar-refractivity contribution in [1.29, 1.82) is 0 Å².